The third kappa shape index (κ3) is 3.73. The van der Waals surface area contributed by atoms with Gasteiger partial charge >= 0.3 is 0 Å². The molecule has 20 heavy (non-hydrogen) atoms. The van der Waals surface area contributed by atoms with Crippen molar-refractivity contribution in [2.75, 3.05) is 0 Å². The van der Waals surface area contributed by atoms with Crippen molar-refractivity contribution in [3.05, 3.63) is 59.7 Å². The fourth-order valence-electron chi connectivity index (χ4n) is 2.12. The Morgan fingerprint density at radius 3 is 1.00 bits per heavy atom. The summed E-state index contributed by atoms with van der Waals surface area (Å²) in [5, 5.41) is 0. The lowest BCUT2D eigenvalue weighted by molar-refractivity contribution is 0.803. The Hall–Kier alpha value is -0.600. The van der Waals surface area contributed by atoms with Gasteiger partial charge in [-0.05, 0) is 49.9 Å². The Balaban J connectivity index is 2.29. The van der Waals surface area contributed by atoms with E-state index in [9.17, 15) is 0 Å². The van der Waals surface area contributed by atoms with E-state index in [0.29, 0.717) is 0 Å². The van der Waals surface area contributed by atoms with Crippen molar-refractivity contribution in [3.63, 3.8) is 0 Å². The van der Waals surface area contributed by atoms with Gasteiger partial charge in [-0.25, -0.2) is 0 Å². The molecule has 0 saturated carbocycles. The standard InChI is InChI=1S/C18H20Br2/c1-17(2,19)15-9-5-13(6-10-15)14-7-11-16(12-8-14)18(3,4)20/h5-12H,1-4H3. The van der Waals surface area contributed by atoms with Crippen molar-refractivity contribution in [1.82, 2.24) is 0 Å². The van der Waals surface area contributed by atoms with Crippen LogP contribution in [0.2, 0.25) is 0 Å². The van der Waals surface area contributed by atoms with Crippen LogP contribution < -0.4 is 0 Å². The van der Waals surface area contributed by atoms with Gasteiger partial charge < -0.3 is 0 Å². The summed E-state index contributed by atoms with van der Waals surface area (Å²) in [7, 11) is 0. The Morgan fingerprint density at radius 1 is 0.550 bits per heavy atom. The molecule has 2 heteroatoms. The van der Waals surface area contributed by atoms with Crippen molar-refractivity contribution in [2.45, 2.75) is 36.3 Å². The van der Waals surface area contributed by atoms with Crippen molar-refractivity contribution < 1.29 is 0 Å². The predicted molar refractivity (Wildman–Crippen MR) is 95.8 cm³/mol. The molecule has 0 aliphatic rings. The molecule has 0 aromatic heterocycles. The minimum Gasteiger partial charge on any atom is -0.0807 e. The molecule has 0 aliphatic carbocycles. The average molecular weight is 396 g/mol. The Kier molecular flexibility index (Phi) is 4.46. The summed E-state index contributed by atoms with van der Waals surface area (Å²) in [6.07, 6.45) is 0. The number of halogens is 2. The molecule has 106 valence electrons. The maximum absolute atomic E-state index is 3.69. The van der Waals surface area contributed by atoms with Gasteiger partial charge in [-0.15, -0.1) is 0 Å². The van der Waals surface area contributed by atoms with Crippen molar-refractivity contribution in [1.29, 1.82) is 0 Å². The molecule has 0 heterocycles. The summed E-state index contributed by atoms with van der Waals surface area (Å²) in [5.41, 5.74) is 5.09. The smallest absolute Gasteiger partial charge is 0.0449 e. The minimum atomic E-state index is 0.0232. The second-order valence-corrected chi connectivity index (χ2v) is 10.1. The molecule has 0 spiro atoms. The fraction of sp³-hybridized carbons (Fsp3) is 0.333. The molecule has 0 unspecified atom stereocenters. The van der Waals surface area contributed by atoms with Crippen LogP contribution in [0.5, 0.6) is 0 Å². The Bertz CT molecular complexity index is 511. The fourth-order valence-corrected chi connectivity index (χ4v) is 2.65. The van der Waals surface area contributed by atoms with Crippen molar-refractivity contribution >= 4 is 31.9 Å². The first-order valence-corrected chi connectivity index (χ1v) is 8.36. The minimum absolute atomic E-state index is 0.0232. The number of benzene rings is 2. The zero-order chi connectivity index (χ0) is 15.0. The number of rotatable bonds is 3. The molecular formula is C18H20Br2. The number of alkyl halides is 2. The molecule has 0 atom stereocenters. The second-order valence-electron chi connectivity index (χ2n) is 6.10. The van der Waals surface area contributed by atoms with Gasteiger partial charge in [0.2, 0.25) is 0 Å². The van der Waals surface area contributed by atoms with Crippen molar-refractivity contribution in [2.24, 2.45) is 0 Å². The zero-order valence-electron chi connectivity index (χ0n) is 12.4. The van der Waals surface area contributed by atoms with Crippen molar-refractivity contribution in [3.8, 4) is 11.1 Å². The lowest BCUT2D eigenvalue weighted by atomic mass is 9.96. The van der Waals surface area contributed by atoms with Crippen LogP contribution in [-0.4, -0.2) is 0 Å². The third-order valence-electron chi connectivity index (χ3n) is 3.48. The average Bonchev–Trinajstić information content (AvgIpc) is 2.37. The van der Waals surface area contributed by atoms with Crippen LogP contribution in [0, 0.1) is 0 Å². The van der Waals surface area contributed by atoms with Crippen LogP contribution >= 0.6 is 31.9 Å². The highest BCUT2D eigenvalue weighted by Gasteiger charge is 2.16. The molecule has 0 saturated heterocycles. The van der Waals surface area contributed by atoms with E-state index in [0.717, 1.165) is 0 Å². The van der Waals surface area contributed by atoms with E-state index >= 15 is 0 Å². The maximum atomic E-state index is 3.69. The van der Waals surface area contributed by atoms with E-state index in [1.807, 2.05) is 0 Å². The van der Waals surface area contributed by atoms with E-state index < -0.39 is 0 Å². The van der Waals surface area contributed by atoms with Gasteiger partial charge in [0.25, 0.3) is 0 Å². The first-order chi connectivity index (χ1) is 9.18. The highest BCUT2D eigenvalue weighted by atomic mass is 79.9. The van der Waals surface area contributed by atoms with Crippen LogP contribution in [0.25, 0.3) is 11.1 Å². The monoisotopic (exact) mass is 394 g/mol. The van der Waals surface area contributed by atoms with Gasteiger partial charge in [0.05, 0.1) is 0 Å². The van der Waals surface area contributed by atoms with Gasteiger partial charge in [0.1, 0.15) is 0 Å². The molecule has 2 aromatic rings. The molecule has 0 N–H and O–H groups in total. The Morgan fingerprint density at radius 2 is 0.800 bits per heavy atom. The van der Waals surface area contributed by atoms with E-state index in [1.54, 1.807) is 0 Å². The lowest BCUT2D eigenvalue weighted by Gasteiger charge is -2.18. The van der Waals surface area contributed by atoms with Gasteiger partial charge in [0.15, 0.2) is 0 Å². The molecule has 2 aromatic carbocycles. The summed E-state index contributed by atoms with van der Waals surface area (Å²) in [5.74, 6) is 0. The second kappa shape index (κ2) is 5.65. The van der Waals surface area contributed by atoms with E-state index in [4.69, 9.17) is 0 Å². The molecule has 0 nitrogen and oxygen atoms in total. The van der Waals surface area contributed by atoms with Gasteiger partial charge in [-0.2, -0.15) is 0 Å². The van der Waals surface area contributed by atoms with Gasteiger partial charge in [0, 0.05) is 8.65 Å². The zero-order valence-corrected chi connectivity index (χ0v) is 15.5. The van der Waals surface area contributed by atoms with Crippen LogP contribution in [0.1, 0.15) is 38.8 Å². The van der Waals surface area contributed by atoms with Gasteiger partial charge in [-0.1, -0.05) is 80.4 Å². The number of hydrogen-bond acceptors (Lipinski definition) is 0. The first kappa shape index (κ1) is 15.8. The maximum Gasteiger partial charge on any atom is 0.0449 e. The Labute approximate surface area is 138 Å². The highest BCUT2D eigenvalue weighted by molar-refractivity contribution is 9.09. The summed E-state index contributed by atoms with van der Waals surface area (Å²) < 4.78 is 0.0464. The van der Waals surface area contributed by atoms with Crippen LogP contribution in [0.3, 0.4) is 0 Å². The molecule has 0 bridgehead atoms. The highest BCUT2D eigenvalue weighted by Crippen LogP contribution is 2.33. The van der Waals surface area contributed by atoms with E-state index in [1.165, 1.54) is 22.3 Å². The molecule has 0 radical (unpaired) electrons. The topological polar surface area (TPSA) is 0 Å². The molecule has 0 amide bonds. The molecule has 2 rings (SSSR count). The third-order valence-corrected chi connectivity index (χ3v) is 4.39. The normalized spacial score (nSPS) is 12.5. The number of hydrogen-bond donors (Lipinski definition) is 0. The van der Waals surface area contributed by atoms with E-state index in [-0.39, 0.29) is 8.65 Å². The summed E-state index contributed by atoms with van der Waals surface area (Å²) in [4.78, 5) is 0. The van der Waals surface area contributed by atoms with Gasteiger partial charge in [-0.3, -0.25) is 0 Å². The lowest BCUT2D eigenvalue weighted by Crippen LogP contribution is -2.06. The molecular weight excluding hydrogens is 376 g/mol. The quantitative estimate of drug-likeness (QED) is 0.512. The summed E-state index contributed by atoms with van der Waals surface area (Å²) in [6, 6.07) is 17.5. The van der Waals surface area contributed by atoms with Crippen LogP contribution in [0.15, 0.2) is 48.5 Å². The molecule has 0 aliphatic heterocycles. The van der Waals surface area contributed by atoms with Crippen LogP contribution in [0.4, 0.5) is 0 Å². The van der Waals surface area contributed by atoms with E-state index in [2.05, 4.69) is 108 Å². The predicted octanol–water partition coefficient (Wildman–Crippen LogP) is 6.61. The summed E-state index contributed by atoms with van der Waals surface area (Å²) >= 11 is 7.39. The molecule has 0 fully saturated rings. The first-order valence-electron chi connectivity index (χ1n) is 6.77. The summed E-state index contributed by atoms with van der Waals surface area (Å²) in [6.45, 7) is 8.65. The largest absolute Gasteiger partial charge is 0.0807 e. The van der Waals surface area contributed by atoms with Crippen LogP contribution in [-0.2, 0) is 8.65 Å². The SMILES string of the molecule is CC(C)(Br)c1ccc(-c2ccc(C(C)(C)Br)cc2)cc1.